The van der Waals surface area contributed by atoms with E-state index in [2.05, 4.69) is 10.1 Å². The molecule has 0 aliphatic carbocycles. The molecule has 19 heavy (non-hydrogen) atoms. The lowest BCUT2D eigenvalue weighted by molar-refractivity contribution is -0.161. The number of ether oxygens (including phenoxy) is 1. The lowest BCUT2D eigenvalue weighted by Crippen LogP contribution is -2.20. The molecule has 0 radical (unpaired) electrons. The van der Waals surface area contributed by atoms with Gasteiger partial charge < -0.3 is 10.1 Å². The van der Waals surface area contributed by atoms with Crippen LogP contribution in [-0.2, 0) is 9.53 Å². The largest absolute Gasteiger partial charge is 0.452 e. The second kappa shape index (κ2) is 5.68. The van der Waals surface area contributed by atoms with E-state index in [9.17, 15) is 27.2 Å². The Balaban J connectivity index is 2.83. The van der Waals surface area contributed by atoms with Gasteiger partial charge in [0.2, 0.25) is 5.91 Å². The van der Waals surface area contributed by atoms with E-state index in [1.807, 2.05) is 0 Å². The zero-order valence-corrected chi connectivity index (χ0v) is 9.68. The van der Waals surface area contributed by atoms with E-state index < -0.39 is 30.5 Å². The van der Waals surface area contributed by atoms with Crippen LogP contribution in [0.4, 0.5) is 23.2 Å². The third-order valence-electron chi connectivity index (χ3n) is 1.88. The van der Waals surface area contributed by atoms with Crippen molar-refractivity contribution in [1.82, 2.24) is 0 Å². The Morgan fingerprint density at radius 1 is 1.32 bits per heavy atom. The number of hydrogen-bond acceptors (Lipinski definition) is 3. The van der Waals surface area contributed by atoms with Crippen LogP contribution in [-0.4, -0.2) is 24.7 Å². The molecule has 1 aromatic rings. The van der Waals surface area contributed by atoms with E-state index in [4.69, 9.17) is 0 Å². The Morgan fingerprint density at radius 2 is 1.95 bits per heavy atom. The summed E-state index contributed by atoms with van der Waals surface area (Å²) >= 11 is 0. The highest BCUT2D eigenvalue weighted by Crippen LogP contribution is 2.19. The molecule has 0 aliphatic heterocycles. The Bertz CT molecular complexity index is 499. The monoisotopic (exact) mass is 279 g/mol. The molecule has 8 heteroatoms. The molecular formula is C11H9F4NO3. The van der Waals surface area contributed by atoms with E-state index in [0.29, 0.717) is 0 Å². The predicted octanol–water partition coefficient (Wildman–Crippen LogP) is 2.50. The number of amides is 1. The van der Waals surface area contributed by atoms with Gasteiger partial charge >= 0.3 is 12.1 Å². The number of halogens is 4. The topological polar surface area (TPSA) is 55.4 Å². The summed E-state index contributed by atoms with van der Waals surface area (Å²) in [6.45, 7) is -0.618. The minimum atomic E-state index is -4.64. The molecule has 0 aliphatic rings. The summed E-state index contributed by atoms with van der Waals surface area (Å²) in [5.74, 6) is -2.66. The second-order valence-corrected chi connectivity index (χ2v) is 3.57. The van der Waals surface area contributed by atoms with Gasteiger partial charge in [0.25, 0.3) is 0 Å². The SMILES string of the molecule is CC(=O)Nc1cc(C(=O)OCC(F)(F)F)ccc1F. The van der Waals surface area contributed by atoms with Gasteiger partial charge in [-0.15, -0.1) is 0 Å². The molecule has 0 saturated heterocycles. The predicted molar refractivity (Wildman–Crippen MR) is 57.0 cm³/mol. The minimum absolute atomic E-state index is 0.297. The quantitative estimate of drug-likeness (QED) is 0.683. The number of carbonyl (C=O) groups is 2. The Labute approximate surface area is 105 Å². The lowest BCUT2D eigenvalue weighted by Gasteiger charge is -2.09. The molecule has 0 bridgehead atoms. The highest BCUT2D eigenvalue weighted by molar-refractivity contribution is 5.93. The van der Waals surface area contributed by atoms with E-state index in [0.717, 1.165) is 25.1 Å². The van der Waals surface area contributed by atoms with Crippen LogP contribution < -0.4 is 5.32 Å². The normalized spacial score (nSPS) is 11.0. The summed E-state index contributed by atoms with van der Waals surface area (Å²) < 4.78 is 52.8. The van der Waals surface area contributed by atoms with Crippen LogP contribution in [0.1, 0.15) is 17.3 Å². The van der Waals surface area contributed by atoms with E-state index >= 15 is 0 Å². The molecule has 0 atom stereocenters. The summed E-state index contributed by atoms with van der Waals surface area (Å²) in [5, 5.41) is 2.10. The number of carbonyl (C=O) groups excluding carboxylic acids is 2. The highest BCUT2D eigenvalue weighted by atomic mass is 19.4. The third-order valence-corrected chi connectivity index (χ3v) is 1.88. The molecule has 0 saturated carbocycles. The molecule has 0 fully saturated rings. The van der Waals surface area contributed by atoms with Crippen LogP contribution in [0.2, 0.25) is 0 Å². The van der Waals surface area contributed by atoms with Crippen molar-refractivity contribution in [2.75, 3.05) is 11.9 Å². The maximum absolute atomic E-state index is 13.2. The molecule has 4 nitrogen and oxygen atoms in total. The maximum Gasteiger partial charge on any atom is 0.422 e. The average molecular weight is 279 g/mol. The summed E-state index contributed by atoms with van der Waals surface area (Å²) in [4.78, 5) is 22.0. The number of hydrogen-bond donors (Lipinski definition) is 1. The highest BCUT2D eigenvalue weighted by Gasteiger charge is 2.29. The minimum Gasteiger partial charge on any atom is -0.452 e. The Kier molecular flexibility index (Phi) is 4.47. The summed E-state index contributed by atoms with van der Waals surface area (Å²) in [6, 6.07) is 2.70. The van der Waals surface area contributed by atoms with Crippen LogP contribution in [0.25, 0.3) is 0 Å². The zero-order valence-electron chi connectivity index (χ0n) is 9.68. The first kappa shape index (κ1) is 14.9. The van der Waals surface area contributed by atoms with Gasteiger partial charge in [0.15, 0.2) is 6.61 Å². The van der Waals surface area contributed by atoms with Crippen molar-refractivity contribution < 1.29 is 31.9 Å². The van der Waals surface area contributed by atoms with E-state index in [-0.39, 0.29) is 11.3 Å². The second-order valence-electron chi connectivity index (χ2n) is 3.57. The van der Waals surface area contributed by atoms with Gasteiger partial charge in [-0.25, -0.2) is 9.18 Å². The van der Waals surface area contributed by atoms with Gasteiger partial charge in [0, 0.05) is 6.92 Å². The first-order chi connectivity index (χ1) is 8.69. The molecule has 104 valence electrons. The summed E-state index contributed by atoms with van der Waals surface area (Å²) in [6.07, 6.45) is -4.64. The van der Waals surface area contributed by atoms with Crippen molar-refractivity contribution in [2.24, 2.45) is 0 Å². The molecule has 0 heterocycles. The molecule has 1 amide bonds. The van der Waals surface area contributed by atoms with Crippen molar-refractivity contribution in [3.63, 3.8) is 0 Å². The molecule has 1 aromatic carbocycles. The van der Waals surface area contributed by atoms with Gasteiger partial charge in [-0.05, 0) is 18.2 Å². The maximum atomic E-state index is 13.2. The molecule has 0 aromatic heterocycles. The van der Waals surface area contributed by atoms with Gasteiger partial charge in [0.05, 0.1) is 11.3 Å². The number of alkyl halides is 3. The zero-order chi connectivity index (χ0) is 14.6. The summed E-state index contributed by atoms with van der Waals surface area (Å²) in [5.41, 5.74) is -0.608. The van der Waals surface area contributed by atoms with Gasteiger partial charge in [-0.3, -0.25) is 4.79 Å². The van der Waals surface area contributed by atoms with Gasteiger partial charge in [-0.1, -0.05) is 0 Å². The van der Waals surface area contributed by atoms with Crippen LogP contribution in [0, 0.1) is 5.82 Å². The van der Waals surface area contributed by atoms with Gasteiger partial charge in [-0.2, -0.15) is 13.2 Å². The first-order valence-electron chi connectivity index (χ1n) is 5.00. The molecular weight excluding hydrogens is 270 g/mol. The van der Waals surface area contributed by atoms with Crippen LogP contribution >= 0.6 is 0 Å². The first-order valence-corrected chi connectivity index (χ1v) is 5.00. The molecule has 0 unspecified atom stereocenters. The standard InChI is InChI=1S/C11H9F4NO3/c1-6(17)16-9-4-7(2-3-8(9)12)10(18)19-5-11(13,14)15/h2-4H,5H2,1H3,(H,16,17). The number of benzene rings is 1. The fraction of sp³-hybridized carbons (Fsp3) is 0.273. The van der Waals surface area contributed by atoms with Crippen molar-refractivity contribution >= 4 is 17.6 Å². The number of esters is 1. The van der Waals surface area contributed by atoms with Crippen molar-refractivity contribution in [1.29, 1.82) is 0 Å². The van der Waals surface area contributed by atoms with E-state index in [1.54, 1.807) is 0 Å². The average Bonchev–Trinajstić information content (AvgIpc) is 2.27. The Morgan fingerprint density at radius 3 is 2.47 bits per heavy atom. The third kappa shape index (κ3) is 4.94. The summed E-state index contributed by atoms with van der Waals surface area (Å²) in [7, 11) is 0. The Hall–Kier alpha value is -2.12. The molecule has 0 spiro atoms. The number of anilines is 1. The van der Waals surface area contributed by atoms with Crippen molar-refractivity contribution in [3.8, 4) is 0 Å². The fourth-order valence-corrected chi connectivity index (χ4v) is 1.17. The van der Waals surface area contributed by atoms with Crippen molar-refractivity contribution in [2.45, 2.75) is 13.1 Å². The van der Waals surface area contributed by atoms with Crippen LogP contribution in [0.3, 0.4) is 0 Å². The van der Waals surface area contributed by atoms with Crippen LogP contribution in [0.15, 0.2) is 18.2 Å². The van der Waals surface area contributed by atoms with Crippen molar-refractivity contribution in [3.05, 3.63) is 29.6 Å². The number of nitrogens with one attached hydrogen (secondary N) is 1. The lowest BCUT2D eigenvalue weighted by atomic mass is 10.2. The molecule has 1 rings (SSSR count). The number of rotatable bonds is 3. The van der Waals surface area contributed by atoms with E-state index in [1.165, 1.54) is 0 Å². The van der Waals surface area contributed by atoms with Gasteiger partial charge in [0.1, 0.15) is 5.82 Å². The fourth-order valence-electron chi connectivity index (χ4n) is 1.17. The molecule has 1 N–H and O–H groups in total. The smallest absolute Gasteiger partial charge is 0.422 e. The van der Waals surface area contributed by atoms with Crippen LogP contribution in [0.5, 0.6) is 0 Å².